The summed E-state index contributed by atoms with van der Waals surface area (Å²) >= 11 is 0. The molecule has 1 amide bonds. The molecule has 0 bridgehead atoms. The SMILES string of the molecule is CC(C)(C)C1CCc2nc3cc(C(=O)N[C@H](CN)c4ccccc4)[nH]c3cc2C1. The van der Waals surface area contributed by atoms with Gasteiger partial charge in [0.1, 0.15) is 5.69 Å². The molecular weight excluding hydrogens is 360 g/mol. The molecule has 29 heavy (non-hydrogen) atoms. The van der Waals surface area contributed by atoms with Crippen LogP contribution in [-0.4, -0.2) is 22.4 Å². The molecule has 2 atom stereocenters. The second-order valence-corrected chi connectivity index (χ2v) is 9.19. The number of carbonyl (C=O) groups is 1. The van der Waals surface area contributed by atoms with E-state index in [4.69, 9.17) is 10.7 Å². The van der Waals surface area contributed by atoms with E-state index in [0.717, 1.165) is 29.4 Å². The summed E-state index contributed by atoms with van der Waals surface area (Å²) in [5.41, 5.74) is 12.0. The largest absolute Gasteiger partial charge is 0.349 e. The fourth-order valence-corrected chi connectivity index (χ4v) is 4.27. The van der Waals surface area contributed by atoms with Crippen LogP contribution in [0.5, 0.6) is 0 Å². The van der Waals surface area contributed by atoms with Crippen molar-refractivity contribution in [2.75, 3.05) is 6.54 Å². The summed E-state index contributed by atoms with van der Waals surface area (Å²) in [7, 11) is 0. The number of aromatic nitrogens is 2. The Kier molecular flexibility index (Phi) is 5.17. The predicted octanol–water partition coefficient (Wildman–Crippen LogP) is 4.14. The number of nitrogens with zero attached hydrogens (tertiary/aromatic N) is 1. The highest BCUT2D eigenvalue weighted by molar-refractivity contribution is 5.97. The highest BCUT2D eigenvalue weighted by atomic mass is 16.1. The lowest BCUT2D eigenvalue weighted by molar-refractivity contribution is 0.0933. The number of pyridine rings is 1. The number of benzene rings is 1. The van der Waals surface area contributed by atoms with Gasteiger partial charge in [-0.1, -0.05) is 51.1 Å². The second-order valence-electron chi connectivity index (χ2n) is 9.19. The Morgan fingerprint density at radius 3 is 2.72 bits per heavy atom. The number of nitrogens with one attached hydrogen (secondary N) is 2. The Balaban J connectivity index is 1.57. The van der Waals surface area contributed by atoms with Crippen LogP contribution >= 0.6 is 0 Å². The molecule has 152 valence electrons. The van der Waals surface area contributed by atoms with Gasteiger partial charge in [-0.05, 0) is 53.9 Å². The van der Waals surface area contributed by atoms with Crippen molar-refractivity contribution in [2.45, 2.75) is 46.1 Å². The molecule has 0 radical (unpaired) electrons. The van der Waals surface area contributed by atoms with Crippen LogP contribution in [0.25, 0.3) is 11.0 Å². The number of carbonyl (C=O) groups excluding carboxylic acids is 1. The van der Waals surface area contributed by atoms with Gasteiger partial charge in [-0.15, -0.1) is 0 Å². The minimum absolute atomic E-state index is 0.159. The molecule has 2 heterocycles. The Hall–Kier alpha value is -2.66. The molecule has 0 aliphatic heterocycles. The predicted molar refractivity (Wildman–Crippen MR) is 117 cm³/mol. The molecule has 5 heteroatoms. The van der Waals surface area contributed by atoms with Crippen molar-refractivity contribution >= 4 is 16.9 Å². The molecular formula is C24H30N4O. The number of nitrogens with two attached hydrogens (primary N) is 1. The van der Waals surface area contributed by atoms with E-state index < -0.39 is 0 Å². The second kappa shape index (κ2) is 7.64. The molecule has 1 aliphatic carbocycles. The maximum absolute atomic E-state index is 12.8. The van der Waals surface area contributed by atoms with E-state index in [1.165, 1.54) is 17.7 Å². The molecule has 0 spiro atoms. The third-order valence-corrected chi connectivity index (χ3v) is 6.18. The van der Waals surface area contributed by atoms with Crippen molar-refractivity contribution in [3.63, 3.8) is 0 Å². The lowest BCUT2D eigenvalue weighted by Crippen LogP contribution is -2.33. The summed E-state index contributed by atoms with van der Waals surface area (Å²) in [4.78, 5) is 21.0. The van der Waals surface area contributed by atoms with Crippen LogP contribution in [0.1, 0.15) is 60.5 Å². The van der Waals surface area contributed by atoms with E-state index in [9.17, 15) is 4.79 Å². The van der Waals surface area contributed by atoms with Crippen molar-refractivity contribution in [1.29, 1.82) is 0 Å². The fourth-order valence-electron chi connectivity index (χ4n) is 4.27. The van der Waals surface area contributed by atoms with Gasteiger partial charge >= 0.3 is 0 Å². The highest BCUT2D eigenvalue weighted by Gasteiger charge is 2.29. The Morgan fingerprint density at radius 2 is 2.03 bits per heavy atom. The van der Waals surface area contributed by atoms with E-state index in [0.29, 0.717) is 23.6 Å². The van der Waals surface area contributed by atoms with Crippen molar-refractivity contribution in [1.82, 2.24) is 15.3 Å². The van der Waals surface area contributed by atoms with E-state index in [2.05, 4.69) is 37.1 Å². The number of amides is 1. The van der Waals surface area contributed by atoms with Gasteiger partial charge in [-0.3, -0.25) is 9.78 Å². The molecule has 1 aliphatic rings. The monoisotopic (exact) mass is 390 g/mol. The number of H-pyrrole nitrogens is 1. The van der Waals surface area contributed by atoms with E-state index >= 15 is 0 Å². The van der Waals surface area contributed by atoms with Gasteiger partial charge in [0.05, 0.1) is 17.1 Å². The zero-order chi connectivity index (χ0) is 20.6. The van der Waals surface area contributed by atoms with Crippen LogP contribution in [0.3, 0.4) is 0 Å². The highest BCUT2D eigenvalue weighted by Crippen LogP contribution is 2.37. The Bertz CT molecular complexity index is 1020. The van der Waals surface area contributed by atoms with Crippen molar-refractivity contribution < 1.29 is 4.79 Å². The first-order valence-electron chi connectivity index (χ1n) is 10.4. The van der Waals surface area contributed by atoms with Gasteiger partial charge in [0, 0.05) is 12.2 Å². The molecule has 4 N–H and O–H groups in total. The first-order valence-corrected chi connectivity index (χ1v) is 10.4. The minimum atomic E-state index is -0.219. The van der Waals surface area contributed by atoms with Crippen LogP contribution in [-0.2, 0) is 12.8 Å². The summed E-state index contributed by atoms with van der Waals surface area (Å²) < 4.78 is 0. The standard InChI is InChI=1S/C24H30N4O/c1-24(2,3)17-9-10-18-16(11-17)12-19-20(26-18)13-21(27-19)23(29)28-22(14-25)15-7-5-4-6-8-15/h4-8,12-13,17,22,27H,9-11,14,25H2,1-3H3,(H,28,29)/t17?,22-/m1/s1. The van der Waals surface area contributed by atoms with Crippen LogP contribution in [0.2, 0.25) is 0 Å². The average Bonchev–Trinajstić information content (AvgIpc) is 3.12. The molecule has 0 saturated heterocycles. The third-order valence-electron chi connectivity index (χ3n) is 6.18. The van der Waals surface area contributed by atoms with Gasteiger partial charge in [0.15, 0.2) is 0 Å². The summed E-state index contributed by atoms with van der Waals surface area (Å²) in [6, 6.07) is 13.6. The quantitative estimate of drug-likeness (QED) is 0.626. The zero-order valence-electron chi connectivity index (χ0n) is 17.5. The maximum atomic E-state index is 12.8. The van der Waals surface area contributed by atoms with E-state index in [1.54, 1.807) is 0 Å². The number of aromatic amines is 1. The van der Waals surface area contributed by atoms with Crippen molar-refractivity contribution in [2.24, 2.45) is 17.1 Å². The Labute approximate surface area is 172 Å². The number of aryl methyl sites for hydroxylation is 1. The van der Waals surface area contributed by atoms with Gasteiger partial charge in [0.25, 0.3) is 5.91 Å². The van der Waals surface area contributed by atoms with Crippen LogP contribution in [0, 0.1) is 11.3 Å². The van der Waals surface area contributed by atoms with Gasteiger partial charge in [-0.2, -0.15) is 0 Å². The molecule has 5 nitrogen and oxygen atoms in total. The van der Waals surface area contributed by atoms with E-state index in [-0.39, 0.29) is 11.9 Å². The van der Waals surface area contributed by atoms with Crippen LogP contribution in [0.4, 0.5) is 0 Å². The third kappa shape index (κ3) is 4.06. The first-order chi connectivity index (χ1) is 13.8. The fraction of sp³-hybridized carbons (Fsp3) is 0.417. The normalized spacial score (nSPS) is 17.7. The minimum Gasteiger partial charge on any atom is -0.349 e. The lowest BCUT2D eigenvalue weighted by atomic mass is 9.71. The number of hydrogen-bond acceptors (Lipinski definition) is 3. The number of fused-ring (bicyclic) bond motifs is 2. The average molecular weight is 391 g/mol. The van der Waals surface area contributed by atoms with Crippen LogP contribution < -0.4 is 11.1 Å². The van der Waals surface area contributed by atoms with Crippen LogP contribution in [0.15, 0.2) is 42.5 Å². The molecule has 0 saturated carbocycles. The summed E-state index contributed by atoms with van der Waals surface area (Å²) in [6.07, 6.45) is 3.22. The summed E-state index contributed by atoms with van der Waals surface area (Å²) in [5, 5.41) is 3.03. The topological polar surface area (TPSA) is 83.8 Å². The number of hydrogen-bond donors (Lipinski definition) is 3. The summed E-state index contributed by atoms with van der Waals surface area (Å²) in [5.74, 6) is 0.496. The molecule has 1 unspecified atom stereocenters. The zero-order valence-corrected chi connectivity index (χ0v) is 17.5. The van der Waals surface area contributed by atoms with Gasteiger partial charge in [0.2, 0.25) is 0 Å². The van der Waals surface area contributed by atoms with Gasteiger partial charge in [-0.25, -0.2) is 0 Å². The molecule has 3 aromatic rings. The van der Waals surface area contributed by atoms with Crippen molar-refractivity contribution in [3.8, 4) is 0 Å². The maximum Gasteiger partial charge on any atom is 0.268 e. The Morgan fingerprint density at radius 1 is 1.28 bits per heavy atom. The molecule has 2 aromatic heterocycles. The number of rotatable bonds is 4. The molecule has 4 rings (SSSR count). The van der Waals surface area contributed by atoms with E-state index in [1.807, 2.05) is 36.4 Å². The smallest absolute Gasteiger partial charge is 0.268 e. The molecule has 1 aromatic carbocycles. The lowest BCUT2D eigenvalue weighted by Gasteiger charge is -2.34. The first kappa shape index (κ1) is 19.6. The summed E-state index contributed by atoms with van der Waals surface area (Å²) in [6.45, 7) is 7.28. The van der Waals surface area contributed by atoms with Gasteiger partial charge < -0.3 is 16.0 Å². The molecule has 0 fully saturated rings. The van der Waals surface area contributed by atoms with Crippen molar-refractivity contribution in [3.05, 3.63) is 65.0 Å².